The van der Waals surface area contributed by atoms with Crippen molar-refractivity contribution >= 4 is 6.21 Å². The molecule has 11 heavy (non-hydrogen) atoms. The Morgan fingerprint density at radius 3 is 2.64 bits per heavy atom. The van der Waals surface area contributed by atoms with Gasteiger partial charge in [0.1, 0.15) is 0 Å². The molecule has 0 saturated carbocycles. The van der Waals surface area contributed by atoms with Crippen molar-refractivity contribution in [2.75, 3.05) is 0 Å². The van der Waals surface area contributed by atoms with Crippen molar-refractivity contribution in [3.63, 3.8) is 0 Å². The maximum absolute atomic E-state index is 4.08. The Kier molecular flexibility index (Phi) is 8.91. The van der Waals surface area contributed by atoms with Gasteiger partial charge in [-0.15, -0.1) is 0 Å². The van der Waals surface area contributed by atoms with Crippen molar-refractivity contribution in [3.05, 3.63) is 12.3 Å². The zero-order valence-electron chi connectivity index (χ0n) is 7.71. The molecule has 0 aliphatic rings. The molecule has 0 fully saturated rings. The molecule has 0 heterocycles. The van der Waals surface area contributed by atoms with E-state index in [9.17, 15) is 0 Å². The van der Waals surface area contributed by atoms with Crippen LogP contribution in [0.1, 0.15) is 46.0 Å². The van der Waals surface area contributed by atoms with Gasteiger partial charge in [-0.3, -0.25) is 4.99 Å². The molecular weight excluding hydrogens is 134 g/mol. The molecule has 1 nitrogen and oxygen atoms in total. The summed E-state index contributed by atoms with van der Waals surface area (Å²) in [6.07, 6.45) is 12.1. The van der Waals surface area contributed by atoms with E-state index in [1.807, 2.05) is 12.4 Å². The lowest BCUT2D eigenvalue weighted by Gasteiger charge is -1.89. The molecule has 0 aromatic carbocycles. The molecule has 0 aliphatic carbocycles. The first kappa shape index (κ1) is 10.4. The van der Waals surface area contributed by atoms with Crippen molar-refractivity contribution in [1.29, 1.82) is 0 Å². The molecule has 0 aliphatic heterocycles. The lowest BCUT2D eigenvalue weighted by Crippen LogP contribution is -1.70. The average Bonchev–Trinajstić information content (AvgIpc) is 2.03. The van der Waals surface area contributed by atoms with Crippen molar-refractivity contribution in [1.82, 2.24) is 0 Å². The standard InChI is InChI=1S/C10H19N/c1-3-5-6-7-8-10-11-9-4-2/h8-10H,3-7H2,1-2H3/b10-8+,11-9?. The van der Waals surface area contributed by atoms with Crippen molar-refractivity contribution < 1.29 is 0 Å². The van der Waals surface area contributed by atoms with E-state index in [1.54, 1.807) is 0 Å². The highest BCUT2D eigenvalue weighted by molar-refractivity contribution is 5.57. The van der Waals surface area contributed by atoms with Gasteiger partial charge in [-0.1, -0.05) is 32.8 Å². The third-order valence-corrected chi connectivity index (χ3v) is 1.45. The van der Waals surface area contributed by atoms with Crippen LogP contribution in [0.5, 0.6) is 0 Å². The smallest absolute Gasteiger partial charge is 0.0223 e. The Morgan fingerprint density at radius 2 is 2.00 bits per heavy atom. The minimum atomic E-state index is 1.03. The molecule has 1 heteroatoms. The summed E-state index contributed by atoms with van der Waals surface area (Å²) in [7, 11) is 0. The van der Waals surface area contributed by atoms with Crippen molar-refractivity contribution in [2.24, 2.45) is 4.99 Å². The molecule has 0 unspecified atom stereocenters. The van der Waals surface area contributed by atoms with Crippen LogP contribution in [-0.2, 0) is 0 Å². The van der Waals surface area contributed by atoms with Crippen LogP contribution in [-0.4, -0.2) is 6.21 Å². The Labute approximate surface area is 70.2 Å². The first-order valence-corrected chi connectivity index (χ1v) is 4.58. The summed E-state index contributed by atoms with van der Waals surface area (Å²) in [4.78, 5) is 4.08. The van der Waals surface area contributed by atoms with Gasteiger partial charge in [-0.2, -0.15) is 0 Å². The largest absolute Gasteiger partial charge is 0.269 e. The highest BCUT2D eigenvalue weighted by atomic mass is 14.7. The number of unbranched alkanes of at least 4 members (excludes halogenated alkanes) is 3. The van der Waals surface area contributed by atoms with Gasteiger partial charge in [0.15, 0.2) is 0 Å². The van der Waals surface area contributed by atoms with Crippen LogP contribution in [0.2, 0.25) is 0 Å². The minimum absolute atomic E-state index is 1.03. The molecular formula is C10H19N. The first-order chi connectivity index (χ1) is 5.41. The number of aliphatic imine (C=N–C) groups is 1. The quantitative estimate of drug-likeness (QED) is 0.408. The Bertz CT molecular complexity index is 114. The summed E-state index contributed by atoms with van der Waals surface area (Å²) in [5.74, 6) is 0. The van der Waals surface area contributed by atoms with Gasteiger partial charge in [0.2, 0.25) is 0 Å². The SMILES string of the molecule is CCC=N/C=C/CCCCC. The number of hydrogen-bond donors (Lipinski definition) is 0. The first-order valence-electron chi connectivity index (χ1n) is 4.58. The third kappa shape index (κ3) is 9.41. The van der Waals surface area contributed by atoms with E-state index < -0.39 is 0 Å². The summed E-state index contributed by atoms with van der Waals surface area (Å²) >= 11 is 0. The van der Waals surface area contributed by atoms with E-state index in [0.717, 1.165) is 6.42 Å². The van der Waals surface area contributed by atoms with E-state index in [2.05, 4.69) is 24.9 Å². The van der Waals surface area contributed by atoms with Gasteiger partial charge in [-0.05, 0) is 19.3 Å². The highest BCUT2D eigenvalue weighted by Crippen LogP contribution is 1.99. The van der Waals surface area contributed by atoms with Crippen LogP contribution in [0.4, 0.5) is 0 Å². The zero-order chi connectivity index (χ0) is 8.36. The van der Waals surface area contributed by atoms with Crippen LogP contribution < -0.4 is 0 Å². The molecule has 0 aromatic rings. The van der Waals surface area contributed by atoms with Crippen molar-refractivity contribution in [2.45, 2.75) is 46.0 Å². The molecule has 0 radical (unpaired) electrons. The minimum Gasteiger partial charge on any atom is -0.269 e. The monoisotopic (exact) mass is 153 g/mol. The topological polar surface area (TPSA) is 12.4 Å². The second-order valence-electron chi connectivity index (χ2n) is 2.62. The molecule has 0 saturated heterocycles. The maximum Gasteiger partial charge on any atom is 0.0223 e. The highest BCUT2D eigenvalue weighted by Gasteiger charge is 1.79. The summed E-state index contributed by atoms with van der Waals surface area (Å²) in [6, 6.07) is 0. The Balaban J connectivity index is 3.09. The second-order valence-corrected chi connectivity index (χ2v) is 2.62. The molecule has 0 rings (SSSR count). The van der Waals surface area contributed by atoms with E-state index in [0.29, 0.717) is 0 Å². The predicted molar refractivity (Wildman–Crippen MR) is 52.1 cm³/mol. The van der Waals surface area contributed by atoms with Gasteiger partial charge >= 0.3 is 0 Å². The molecule has 0 bridgehead atoms. The van der Waals surface area contributed by atoms with Crippen LogP contribution in [0.25, 0.3) is 0 Å². The number of rotatable bonds is 6. The van der Waals surface area contributed by atoms with Crippen LogP contribution in [0.3, 0.4) is 0 Å². The molecule has 0 atom stereocenters. The lowest BCUT2D eigenvalue weighted by atomic mass is 10.2. The van der Waals surface area contributed by atoms with Gasteiger partial charge < -0.3 is 0 Å². The fourth-order valence-corrected chi connectivity index (χ4v) is 0.814. The maximum atomic E-state index is 4.08. The predicted octanol–water partition coefficient (Wildman–Crippen LogP) is 3.56. The fourth-order valence-electron chi connectivity index (χ4n) is 0.814. The van der Waals surface area contributed by atoms with Crippen LogP contribution >= 0.6 is 0 Å². The van der Waals surface area contributed by atoms with Gasteiger partial charge in [0.25, 0.3) is 0 Å². The average molecular weight is 153 g/mol. The van der Waals surface area contributed by atoms with Gasteiger partial charge in [-0.25, -0.2) is 0 Å². The van der Waals surface area contributed by atoms with E-state index in [1.165, 1.54) is 25.7 Å². The van der Waals surface area contributed by atoms with Gasteiger partial charge in [0.05, 0.1) is 0 Å². The number of hydrogen-bond acceptors (Lipinski definition) is 1. The number of nitrogens with zero attached hydrogens (tertiary/aromatic N) is 1. The van der Waals surface area contributed by atoms with Gasteiger partial charge in [0, 0.05) is 12.4 Å². The van der Waals surface area contributed by atoms with E-state index in [4.69, 9.17) is 0 Å². The Morgan fingerprint density at radius 1 is 1.18 bits per heavy atom. The Hall–Kier alpha value is -0.590. The molecule has 0 spiro atoms. The molecule has 0 amide bonds. The zero-order valence-corrected chi connectivity index (χ0v) is 7.71. The fraction of sp³-hybridized carbons (Fsp3) is 0.700. The lowest BCUT2D eigenvalue weighted by molar-refractivity contribution is 0.729. The summed E-state index contributed by atoms with van der Waals surface area (Å²) < 4.78 is 0. The number of allylic oxidation sites excluding steroid dienone is 1. The van der Waals surface area contributed by atoms with Crippen molar-refractivity contribution in [3.8, 4) is 0 Å². The second kappa shape index (κ2) is 9.41. The third-order valence-electron chi connectivity index (χ3n) is 1.45. The molecule has 0 N–H and O–H groups in total. The summed E-state index contributed by atoms with van der Waals surface area (Å²) in [5, 5.41) is 0. The van der Waals surface area contributed by atoms with E-state index in [-0.39, 0.29) is 0 Å². The molecule has 0 aromatic heterocycles. The molecule has 64 valence electrons. The summed E-state index contributed by atoms with van der Waals surface area (Å²) in [6.45, 7) is 4.31. The van der Waals surface area contributed by atoms with Crippen LogP contribution in [0.15, 0.2) is 17.3 Å². The van der Waals surface area contributed by atoms with E-state index >= 15 is 0 Å². The summed E-state index contributed by atoms with van der Waals surface area (Å²) in [5.41, 5.74) is 0. The van der Waals surface area contributed by atoms with Crippen LogP contribution in [0, 0.1) is 0 Å². The normalized spacial score (nSPS) is 11.8.